The van der Waals surface area contributed by atoms with E-state index in [1.807, 2.05) is 56.3 Å². The first-order valence-corrected chi connectivity index (χ1v) is 12.5. The number of sulfonamides is 1. The Morgan fingerprint density at radius 1 is 1.06 bits per heavy atom. The Kier molecular flexibility index (Phi) is 7.36. The molecule has 0 spiro atoms. The predicted octanol–water partition coefficient (Wildman–Crippen LogP) is 2.87. The number of nitrogens with one attached hydrogen (secondary N) is 1. The number of rotatable bonds is 7. The molecule has 172 valence electrons. The van der Waals surface area contributed by atoms with E-state index in [2.05, 4.69) is 5.32 Å². The van der Waals surface area contributed by atoms with E-state index in [9.17, 15) is 23.1 Å². The van der Waals surface area contributed by atoms with Crippen LogP contribution in [0.2, 0.25) is 0 Å². The Balaban J connectivity index is 1.65. The largest absolute Gasteiger partial charge is 0.480 e. The number of benzene rings is 2. The van der Waals surface area contributed by atoms with Gasteiger partial charge in [0, 0.05) is 25.1 Å². The van der Waals surface area contributed by atoms with Crippen molar-refractivity contribution in [3.8, 4) is 0 Å². The quantitative estimate of drug-likeness (QED) is 0.664. The second-order valence-electron chi connectivity index (χ2n) is 8.51. The third kappa shape index (κ3) is 5.75. The molecular formula is C24H30N2O5S. The minimum atomic E-state index is -3.15. The zero-order valence-electron chi connectivity index (χ0n) is 18.7. The number of carboxylic acid groups (broad SMARTS) is 1. The van der Waals surface area contributed by atoms with Crippen LogP contribution < -0.4 is 5.32 Å². The molecule has 3 rings (SSSR count). The molecule has 32 heavy (non-hydrogen) atoms. The highest BCUT2D eigenvalue weighted by Gasteiger charge is 2.26. The topological polar surface area (TPSA) is 104 Å². The fraction of sp³-hybridized carbons (Fsp3) is 0.417. The summed E-state index contributed by atoms with van der Waals surface area (Å²) in [5.41, 5.74) is 4.05. The molecule has 0 bridgehead atoms. The summed E-state index contributed by atoms with van der Waals surface area (Å²) in [4.78, 5) is 24.5. The summed E-state index contributed by atoms with van der Waals surface area (Å²) in [5, 5.41) is 12.3. The highest BCUT2D eigenvalue weighted by molar-refractivity contribution is 7.88. The van der Waals surface area contributed by atoms with Gasteiger partial charge in [0.2, 0.25) is 10.0 Å². The van der Waals surface area contributed by atoms with Crippen LogP contribution in [0.1, 0.15) is 51.4 Å². The van der Waals surface area contributed by atoms with E-state index in [1.54, 1.807) is 0 Å². The van der Waals surface area contributed by atoms with Gasteiger partial charge in [-0.25, -0.2) is 17.5 Å². The zero-order valence-corrected chi connectivity index (χ0v) is 19.5. The van der Waals surface area contributed by atoms with Gasteiger partial charge in [0.05, 0.1) is 6.26 Å². The average molecular weight is 459 g/mol. The second kappa shape index (κ2) is 9.83. The molecule has 1 heterocycles. The van der Waals surface area contributed by atoms with Crippen LogP contribution in [0.25, 0.3) is 0 Å². The number of aryl methyl sites for hydroxylation is 2. The summed E-state index contributed by atoms with van der Waals surface area (Å²) >= 11 is 0. The lowest BCUT2D eigenvalue weighted by atomic mass is 9.89. The van der Waals surface area contributed by atoms with Crippen LogP contribution in [-0.2, 0) is 21.2 Å². The lowest BCUT2D eigenvalue weighted by molar-refractivity contribution is -0.139. The van der Waals surface area contributed by atoms with E-state index >= 15 is 0 Å². The van der Waals surface area contributed by atoms with Crippen molar-refractivity contribution in [2.45, 2.75) is 45.1 Å². The number of nitrogens with zero attached hydrogens (tertiary/aromatic N) is 1. The van der Waals surface area contributed by atoms with E-state index in [0.29, 0.717) is 18.7 Å². The third-order valence-corrected chi connectivity index (χ3v) is 7.43. The first-order valence-electron chi connectivity index (χ1n) is 10.7. The molecule has 2 N–H and O–H groups in total. The van der Waals surface area contributed by atoms with E-state index in [4.69, 9.17) is 0 Å². The van der Waals surface area contributed by atoms with E-state index in [-0.39, 0.29) is 18.2 Å². The fourth-order valence-corrected chi connectivity index (χ4v) is 5.16. The number of carboxylic acids is 1. The van der Waals surface area contributed by atoms with Crippen molar-refractivity contribution in [1.29, 1.82) is 0 Å². The van der Waals surface area contributed by atoms with Crippen LogP contribution in [0.15, 0.2) is 42.5 Å². The van der Waals surface area contributed by atoms with Crippen molar-refractivity contribution in [3.05, 3.63) is 70.3 Å². The molecule has 1 aliphatic heterocycles. The number of carbonyl (C=O) groups excluding carboxylic acids is 1. The Hall–Kier alpha value is -2.71. The Morgan fingerprint density at radius 3 is 2.12 bits per heavy atom. The normalized spacial score (nSPS) is 16.5. The van der Waals surface area contributed by atoms with Crippen molar-refractivity contribution < 1.29 is 23.1 Å². The first kappa shape index (κ1) is 23.9. The zero-order chi connectivity index (χ0) is 23.5. The summed E-state index contributed by atoms with van der Waals surface area (Å²) in [6.45, 7) is 4.68. The highest BCUT2D eigenvalue weighted by Crippen LogP contribution is 2.29. The maximum Gasteiger partial charge on any atom is 0.326 e. The summed E-state index contributed by atoms with van der Waals surface area (Å²) in [6.07, 6.45) is 2.94. The summed E-state index contributed by atoms with van der Waals surface area (Å²) in [6, 6.07) is 12.2. The lowest BCUT2D eigenvalue weighted by Gasteiger charge is -2.30. The molecule has 0 saturated carbocycles. The first-order chi connectivity index (χ1) is 15.1. The van der Waals surface area contributed by atoms with Gasteiger partial charge in [0.1, 0.15) is 6.04 Å². The van der Waals surface area contributed by atoms with Gasteiger partial charge in [0.15, 0.2) is 0 Å². The Bertz CT molecular complexity index is 1070. The molecule has 0 radical (unpaired) electrons. The lowest BCUT2D eigenvalue weighted by Crippen LogP contribution is -2.42. The molecule has 1 fully saturated rings. The monoisotopic (exact) mass is 458 g/mol. The minimum absolute atomic E-state index is 0.179. The van der Waals surface area contributed by atoms with Crippen LogP contribution in [-0.4, -0.2) is 55.1 Å². The van der Waals surface area contributed by atoms with Crippen LogP contribution in [0.3, 0.4) is 0 Å². The van der Waals surface area contributed by atoms with E-state index in [1.165, 1.54) is 10.6 Å². The van der Waals surface area contributed by atoms with Gasteiger partial charge >= 0.3 is 5.97 Å². The van der Waals surface area contributed by atoms with Crippen LogP contribution in [0.4, 0.5) is 0 Å². The maximum absolute atomic E-state index is 12.7. The van der Waals surface area contributed by atoms with Gasteiger partial charge in [-0.2, -0.15) is 0 Å². The maximum atomic E-state index is 12.7. The number of aliphatic carboxylic acids is 1. The van der Waals surface area contributed by atoms with E-state index in [0.717, 1.165) is 35.1 Å². The van der Waals surface area contributed by atoms with Gasteiger partial charge in [-0.15, -0.1) is 0 Å². The number of carbonyl (C=O) groups is 2. The summed E-state index contributed by atoms with van der Waals surface area (Å²) in [5.74, 6) is -1.19. The third-order valence-electron chi connectivity index (χ3n) is 6.13. The summed E-state index contributed by atoms with van der Waals surface area (Å²) < 4.78 is 24.9. The van der Waals surface area contributed by atoms with Crippen molar-refractivity contribution in [2.75, 3.05) is 19.3 Å². The molecule has 8 heteroatoms. The van der Waals surface area contributed by atoms with Gasteiger partial charge in [-0.05, 0) is 54.9 Å². The minimum Gasteiger partial charge on any atom is -0.480 e. The number of hydrogen-bond acceptors (Lipinski definition) is 4. The molecule has 2 aromatic carbocycles. The van der Waals surface area contributed by atoms with E-state index < -0.39 is 22.0 Å². The number of piperidine rings is 1. The average Bonchev–Trinajstić information content (AvgIpc) is 2.73. The van der Waals surface area contributed by atoms with Crippen molar-refractivity contribution in [3.63, 3.8) is 0 Å². The molecule has 0 aliphatic carbocycles. The second-order valence-corrected chi connectivity index (χ2v) is 10.5. The molecule has 0 aromatic heterocycles. The van der Waals surface area contributed by atoms with Crippen LogP contribution in [0.5, 0.6) is 0 Å². The molecule has 0 unspecified atom stereocenters. The highest BCUT2D eigenvalue weighted by atomic mass is 32.2. The predicted molar refractivity (Wildman–Crippen MR) is 123 cm³/mol. The molecule has 1 atom stereocenters. The molecule has 2 aromatic rings. The smallest absolute Gasteiger partial charge is 0.326 e. The number of hydrogen-bond donors (Lipinski definition) is 2. The number of amides is 1. The van der Waals surface area contributed by atoms with Gasteiger partial charge < -0.3 is 10.4 Å². The standard InChI is InChI=1S/C24H30N2O5S/c1-16-5-4-6-17(2)22(16)23(27)25-21(24(28)29)15-18-7-9-19(10-8-18)20-11-13-26(14-12-20)32(3,30)31/h4-10,20-21H,11-15H2,1-3H3,(H,25,27)(H,28,29)/t21-/m0/s1. The fourth-order valence-electron chi connectivity index (χ4n) is 4.29. The van der Waals surface area contributed by atoms with Gasteiger partial charge in [-0.3, -0.25) is 4.79 Å². The SMILES string of the molecule is Cc1cccc(C)c1C(=O)N[C@@H](Cc1ccc(C2CCN(S(C)(=O)=O)CC2)cc1)C(=O)O. The van der Waals surface area contributed by atoms with Gasteiger partial charge in [0.25, 0.3) is 5.91 Å². The molecule has 1 aliphatic rings. The van der Waals surface area contributed by atoms with Crippen LogP contribution in [0, 0.1) is 13.8 Å². The van der Waals surface area contributed by atoms with Crippen molar-refractivity contribution in [2.24, 2.45) is 0 Å². The molecule has 1 amide bonds. The van der Waals surface area contributed by atoms with Crippen molar-refractivity contribution >= 4 is 21.9 Å². The van der Waals surface area contributed by atoms with Crippen molar-refractivity contribution in [1.82, 2.24) is 9.62 Å². The van der Waals surface area contributed by atoms with Gasteiger partial charge in [-0.1, -0.05) is 42.5 Å². The Labute approximate surface area is 189 Å². The molecule has 1 saturated heterocycles. The molecular weight excluding hydrogens is 428 g/mol. The van der Waals surface area contributed by atoms with Crippen LogP contribution >= 0.6 is 0 Å². The summed E-state index contributed by atoms with van der Waals surface area (Å²) in [7, 11) is -3.15. The Morgan fingerprint density at radius 2 is 1.62 bits per heavy atom. The molecule has 7 nitrogen and oxygen atoms in total.